The van der Waals surface area contributed by atoms with Crippen molar-refractivity contribution in [3.63, 3.8) is 0 Å². The van der Waals surface area contributed by atoms with Crippen molar-refractivity contribution in [2.75, 3.05) is 25.4 Å². The van der Waals surface area contributed by atoms with Crippen molar-refractivity contribution < 1.29 is 8.42 Å². The van der Waals surface area contributed by atoms with Crippen molar-refractivity contribution in [2.45, 2.75) is 65.3 Å². The molecule has 0 aromatic carbocycles. The van der Waals surface area contributed by atoms with Crippen molar-refractivity contribution >= 4 is 9.84 Å². The Balaban J connectivity index is 2.70. The third-order valence-electron chi connectivity index (χ3n) is 4.42. The van der Waals surface area contributed by atoms with Gasteiger partial charge in [0.05, 0.1) is 11.0 Å². The summed E-state index contributed by atoms with van der Waals surface area (Å²) in [5, 5.41) is 3.33. The Kier molecular flexibility index (Phi) is 6.05. The fourth-order valence-corrected chi connectivity index (χ4v) is 3.46. The fraction of sp³-hybridized carbons (Fsp3) is 1.00. The highest BCUT2D eigenvalue weighted by Gasteiger charge is 2.31. The zero-order valence-corrected chi connectivity index (χ0v) is 14.8. The van der Waals surface area contributed by atoms with Crippen LogP contribution in [0.5, 0.6) is 0 Å². The van der Waals surface area contributed by atoms with E-state index in [-0.39, 0.29) is 16.4 Å². The Hall–Kier alpha value is -0.130. The van der Waals surface area contributed by atoms with Crippen molar-refractivity contribution in [2.24, 2.45) is 5.41 Å². The molecule has 0 spiro atoms. The fourth-order valence-electron chi connectivity index (χ4n) is 2.50. The topological polar surface area (TPSA) is 49.4 Å². The SMILES string of the molecule is CC1CCNC(C(C)(C)C)CN1CCS(=O)(=O)C(C)C. The summed E-state index contributed by atoms with van der Waals surface area (Å²) in [6.45, 7) is 15.0. The van der Waals surface area contributed by atoms with Crippen LogP contribution < -0.4 is 5.32 Å². The molecule has 2 unspecified atom stereocenters. The molecule has 1 fully saturated rings. The van der Waals surface area contributed by atoms with Crippen LogP contribution in [0.15, 0.2) is 0 Å². The molecule has 0 saturated carbocycles. The lowest BCUT2D eigenvalue weighted by molar-refractivity contribution is 0.172. The standard InChI is InChI=1S/C15H32N2O2S/c1-12(2)20(18,19)10-9-17-11-14(15(4,5)6)16-8-7-13(17)3/h12-14,16H,7-11H2,1-6H3. The maximum atomic E-state index is 12.0. The molecule has 0 aromatic rings. The maximum absolute atomic E-state index is 12.0. The molecule has 5 heteroatoms. The lowest BCUT2D eigenvalue weighted by atomic mass is 9.86. The molecular weight excluding hydrogens is 272 g/mol. The number of hydrogen-bond donors (Lipinski definition) is 1. The Morgan fingerprint density at radius 1 is 1.30 bits per heavy atom. The summed E-state index contributed by atoms with van der Waals surface area (Å²) >= 11 is 0. The van der Waals surface area contributed by atoms with Gasteiger partial charge in [0, 0.05) is 25.2 Å². The third kappa shape index (κ3) is 5.01. The molecule has 1 aliphatic rings. The molecule has 20 heavy (non-hydrogen) atoms. The largest absolute Gasteiger partial charge is 0.312 e. The van der Waals surface area contributed by atoms with Crippen LogP contribution in [0.1, 0.15) is 48.0 Å². The summed E-state index contributed by atoms with van der Waals surface area (Å²) in [5.74, 6) is 0.270. The van der Waals surface area contributed by atoms with E-state index in [4.69, 9.17) is 0 Å². The third-order valence-corrected chi connectivity index (χ3v) is 6.61. The van der Waals surface area contributed by atoms with Crippen molar-refractivity contribution in [1.82, 2.24) is 10.2 Å². The van der Waals surface area contributed by atoms with Gasteiger partial charge in [0.25, 0.3) is 0 Å². The maximum Gasteiger partial charge on any atom is 0.153 e. The molecule has 120 valence electrons. The molecule has 1 heterocycles. The van der Waals surface area contributed by atoms with Crippen LogP contribution in [0.4, 0.5) is 0 Å². The molecule has 2 atom stereocenters. The second kappa shape index (κ2) is 6.75. The molecule has 1 aliphatic heterocycles. The van der Waals surface area contributed by atoms with Crippen molar-refractivity contribution in [3.8, 4) is 0 Å². The van der Waals surface area contributed by atoms with Crippen molar-refractivity contribution in [3.05, 3.63) is 0 Å². The lowest BCUT2D eigenvalue weighted by Gasteiger charge is -2.35. The van der Waals surface area contributed by atoms with E-state index in [1.165, 1.54) is 0 Å². The monoisotopic (exact) mass is 304 g/mol. The van der Waals surface area contributed by atoms with Crippen LogP contribution >= 0.6 is 0 Å². The van der Waals surface area contributed by atoms with E-state index in [1.807, 2.05) is 0 Å². The number of nitrogens with one attached hydrogen (secondary N) is 1. The summed E-state index contributed by atoms with van der Waals surface area (Å²) in [4.78, 5) is 2.34. The van der Waals surface area contributed by atoms with Gasteiger partial charge in [-0.15, -0.1) is 0 Å². The van der Waals surface area contributed by atoms with Gasteiger partial charge in [-0.2, -0.15) is 0 Å². The summed E-state index contributed by atoms with van der Waals surface area (Å²) in [6, 6.07) is 0.853. The molecule has 1 rings (SSSR count). The first kappa shape index (κ1) is 17.9. The van der Waals surface area contributed by atoms with E-state index in [0.717, 1.165) is 19.5 Å². The van der Waals surface area contributed by atoms with E-state index in [1.54, 1.807) is 13.8 Å². The number of hydrogen-bond acceptors (Lipinski definition) is 4. The number of nitrogens with zero attached hydrogens (tertiary/aromatic N) is 1. The molecule has 4 nitrogen and oxygen atoms in total. The average molecular weight is 304 g/mol. The van der Waals surface area contributed by atoms with Gasteiger partial charge in [0.1, 0.15) is 0 Å². The van der Waals surface area contributed by atoms with Gasteiger partial charge in [0.15, 0.2) is 9.84 Å². The van der Waals surface area contributed by atoms with E-state index in [9.17, 15) is 8.42 Å². The molecule has 1 saturated heterocycles. The highest BCUT2D eigenvalue weighted by Crippen LogP contribution is 2.23. The van der Waals surface area contributed by atoms with Crippen LogP contribution in [0.2, 0.25) is 0 Å². The van der Waals surface area contributed by atoms with Crippen LogP contribution in [-0.4, -0.2) is 56.0 Å². The van der Waals surface area contributed by atoms with E-state index in [2.05, 4.69) is 37.9 Å². The molecule has 1 N–H and O–H groups in total. The van der Waals surface area contributed by atoms with Gasteiger partial charge in [-0.1, -0.05) is 20.8 Å². The summed E-state index contributed by atoms with van der Waals surface area (Å²) in [7, 11) is -2.95. The zero-order valence-electron chi connectivity index (χ0n) is 13.9. The van der Waals surface area contributed by atoms with Gasteiger partial charge >= 0.3 is 0 Å². The van der Waals surface area contributed by atoms with E-state index < -0.39 is 9.84 Å². The lowest BCUT2D eigenvalue weighted by Crippen LogP contribution is -2.48. The first-order chi connectivity index (χ1) is 9.04. The van der Waals surface area contributed by atoms with E-state index >= 15 is 0 Å². The molecule has 0 bridgehead atoms. The summed E-state index contributed by atoms with van der Waals surface area (Å²) < 4.78 is 24.0. The quantitative estimate of drug-likeness (QED) is 0.862. The number of sulfone groups is 1. The Bertz CT molecular complexity index is 399. The molecule has 0 aliphatic carbocycles. The smallest absolute Gasteiger partial charge is 0.153 e. The van der Waals surface area contributed by atoms with E-state index in [0.29, 0.717) is 18.6 Å². The van der Waals surface area contributed by atoms with Crippen LogP contribution in [0, 0.1) is 5.41 Å². The highest BCUT2D eigenvalue weighted by atomic mass is 32.2. The Morgan fingerprint density at radius 3 is 2.40 bits per heavy atom. The van der Waals surface area contributed by atoms with Crippen LogP contribution in [0.25, 0.3) is 0 Å². The second-order valence-corrected chi connectivity index (χ2v) is 10.1. The summed E-state index contributed by atoms with van der Waals surface area (Å²) in [6.07, 6.45) is 1.08. The van der Waals surface area contributed by atoms with Crippen LogP contribution in [0.3, 0.4) is 0 Å². The summed E-state index contributed by atoms with van der Waals surface area (Å²) in [5.41, 5.74) is 0.194. The zero-order chi connectivity index (χ0) is 15.6. The first-order valence-corrected chi connectivity index (χ1v) is 9.44. The predicted octanol–water partition coefficient (Wildman–Crippen LogP) is 1.91. The molecule has 0 aromatic heterocycles. The second-order valence-electron chi connectivity index (χ2n) is 7.42. The van der Waals surface area contributed by atoms with Crippen LogP contribution in [-0.2, 0) is 9.84 Å². The minimum Gasteiger partial charge on any atom is -0.312 e. The van der Waals surface area contributed by atoms with Gasteiger partial charge in [-0.3, -0.25) is 4.90 Å². The first-order valence-electron chi connectivity index (χ1n) is 7.73. The van der Waals surface area contributed by atoms with Gasteiger partial charge in [0.2, 0.25) is 0 Å². The average Bonchev–Trinajstić information content (AvgIpc) is 2.48. The van der Waals surface area contributed by atoms with Gasteiger partial charge < -0.3 is 5.32 Å². The Morgan fingerprint density at radius 2 is 1.90 bits per heavy atom. The minimum atomic E-state index is -2.95. The van der Waals surface area contributed by atoms with Gasteiger partial charge in [-0.05, 0) is 39.2 Å². The normalized spacial score (nSPS) is 26.8. The Labute approximate surface area is 125 Å². The van der Waals surface area contributed by atoms with Crippen molar-refractivity contribution in [1.29, 1.82) is 0 Å². The minimum absolute atomic E-state index is 0.194. The highest BCUT2D eigenvalue weighted by molar-refractivity contribution is 7.92. The number of rotatable bonds is 4. The molecule has 0 amide bonds. The molecule has 0 radical (unpaired) electrons. The predicted molar refractivity (Wildman–Crippen MR) is 85.8 cm³/mol. The van der Waals surface area contributed by atoms with Gasteiger partial charge in [-0.25, -0.2) is 8.42 Å². The molecular formula is C15H32N2O2S.